The summed E-state index contributed by atoms with van der Waals surface area (Å²) in [6, 6.07) is 0. The Morgan fingerprint density at radius 2 is 1.88 bits per heavy atom. The quantitative estimate of drug-likeness (QED) is 0.654. The molecule has 0 aromatic heterocycles. The number of piperidine rings is 1. The van der Waals surface area contributed by atoms with Crippen LogP contribution in [0.1, 0.15) is 52.9 Å². The van der Waals surface area contributed by atoms with Gasteiger partial charge < -0.3 is 24.1 Å². The lowest BCUT2D eigenvalue weighted by Gasteiger charge is -2.53. The number of oxime groups is 1. The molecule has 180 valence electrons. The van der Waals surface area contributed by atoms with E-state index in [2.05, 4.69) is 10.1 Å². The minimum Gasteiger partial charge on any atom is -0.470 e. The molecular formula is C23H38N4O5. The molecule has 32 heavy (non-hydrogen) atoms. The lowest BCUT2D eigenvalue weighted by molar-refractivity contribution is -0.153. The van der Waals surface area contributed by atoms with Crippen molar-refractivity contribution in [2.75, 3.05) is 53.4 Å². The van der Waals surface area contributed by atoms with Crippen molar-refractivity contribution in [1.82, 2.24) is 14.7 Å². The van der Waals surface area contributed by atoms with E-state index in [9.17, 15) is 9.59 Å². The van der Waals surface area contributed by atoms with E-state index in [0.29, 0.717) is 32.0 Å². The predicted molar refractivity (Wildman–Crippen MR) is 119 cm³/mol. The number of hydrogen-bond donors (Lipinski definition) is 0. The third-order valence-corrected chi connectivity index (χ3v) is 7.29. The average Bonchev–Trinajstić information content (AvgIpc) is 2.95. The summed E-state index contributed by atoms with van der Waals surface area (Å²) in [5.41, 5.74) is -2.04. The van der Waals surface area contributed by atoms with Crippen LogP contribution in [0.25, 0.3) is 0 Å². The zero-order chi connectivity index (χ0) is 23.1. The molecule has 0 aromatic rings. The first-order valence-electron chi connectivity index (χ1n) is 11.9. The van der Waals surface area contributed by atoms with Gasteiger partial charge in [0.15, 0.2) is 6.61 Å². The Hall–Kier alpha value is -2.03. The molecule has 4 aliphatic rings. The SMILES string of the molecule is CN(C)C(=O)[C@]12CC[C@@]1(C1=NOC[C@@H](CN3CCCCC3)O1)CN(C(=O)OC(C)(C)C)C2. The van der Waals surface area contributed by atoms with Gasteiger partial charge in [-0.15, -0.1) is 0 Å². The molecule has 0 bridgehead atoms. The Bertz CT molecular complexity index is 773. The van der Waals surface area contributed by atoms with Crippen molar-refractivity contribution in [2.24, 2.45) is 16.0 Å². The van der Waals surface area contributed by atoms with Crippen molar-refractivity contribution >= 4 is 17.9 Å². The van der Waals surface area contributed by atoms with E-state index in [1.807, 2.05) is 20.8 Å². The predicted octanol–water partition coefficient (Wildman–Crippen LogP) is 2.31. The second-order valence-corrected chi connectivity index (χ2v) is 11.0. The van der Waals surface area contributed by atoms with Gasteiger partial charge in [-0.2, -0.15) is 0 Å². The van der Waals surface area contributed by atoms with Crippen molar-refractivity contribution in [3.63, 3.8) is 0 Å². The molecule has 1 saturated carbocycles. The Balaban J connectivity index is 1.56. The lowest BCUT2D eigenvalue weighted by Crippen LogP contribution is -2.63. The van der Waals surface area contributed by atoms with Gasteiger partial charge in [0.25, 0.3) is 0 Å². The molecule has 0 spiro atoms. The fraction of sp³-hybridized carbons (Fsp3) is 0.870. The van der Waals surface area contributed by atoms with Crippen LogP contribution in [-0.4, -0.2) is 97.7 Å². The molecule has 0 N–H and O–H groups in total. The molecular weight excluding hydrogens is 412 g/mol. The molecule has 0 unspecified atom stereocenters. The highest BCUT2D eigenvalue weighted by Crippen LogP contribution is 2.63. The van der Waals surface area contributed by atoms with E-state index >= 15 is 0 Å². The number of likely N-dealkylation sites (tertiary alicyclic amines) is 2. The molecule has 2 saturated heterocycles. The minimum absolute atomic E-state index is 0.000683. The van der Waals surface area contributed by atoms with Crippen LogP contribution in [0.4, 0.5) is 4.79 Å². The summed E-state index contributed by atoms with van der Waals surface area (Å²) in [6.07, 6.45) is 4.59. The normalized spacial score (nSPS) is 32.7. The molecule has 1 aliphatic carbocycles. The fourth-order valence-corrected chi connectivity index (χ4v) is 5.65. The molecule has 3 aliphatic heterocycles. The third-order valence-electron chi connectivity index (χ3n) is 7.29. The van der Waals surface area contributed by atoms with Gasteiger partial charge >= 0.3 is 6.09 Å². The van der Waals surface area contributed by atoms with Gasteiger partial charge in [0.1, 0.15) is 11.7 Å². The maximum absolute atomic E-state index is 13.4. The van der Waals surface area contributed by atoms with Crippen molar-refractivity contribution in [2.45, 2.75) is 64.6 Å². The summed E-state index contributed by atoms with van der Waals surface area (Å²) in [4.78, 5) is 37.7. The van der Waals surface area contributed by atoms with Crippen molar-refractivity contribution in [1.29, 1.82) is 0 Å². The first-order chi connectivity index (χ1) is 15.1. The molecule has 3 heterocycles. The molecule has 3 atom stereocenters. The number of carbonyl (C=O) groups is 2. The van der Waals surface area contributed by atoms with Crippen LogP contribution >= 0.6 is 0 Å². The van der Waals surface area contributed by atoms with E-state index in [4.69, 9.17) is 14.3 Å². The number of carbonyl (C=O) groups excluding carboxylic acids is 2. The smallest absolute Gasteiger partial charge is 0.410 e. The average molecular weight is 451 g/mol. The van der Waals surface area contributed by atoms with Crippen LogP contribution in [0.5, 0.6) is 0 Å². The molecule has 4 rings (SSSR count). The Kier molecular flexibility index (Phi) is 6.07. The van der Waals surface area contributed by atoms with Gasteiger partial charge in [-0.1, -0.05) is 11.6 Å². The Morgan fingerprint density at radius 1 is 1.16 bits per heavy atom. The molecule has 9 heteroatoms. The maximum atomic E-state index is 13.4. The highest BCUT2D eigenvalue weighted by Gasteiger charge is 2.73. The van der Waals surface area contributed by atoms with E-state index in [0.717, 1.165) is 26.1 Å². The Morgan fingerprint density at radius 3 is 2.47 bits per heavy atom. The fourth-order valence-electron chi connectivity index (χ4n) is 5.65. The maximum Gasteiger partial charge on any atom is 0.410 e. The topological polar surface area (TPSA) is 83.9 Å². The van der Waals surface area contributed by atoms with E-state index < -0.39 is 22.5 Å². The molecule has 0 aromatic carbocycles. The van der Waals surface area contributed by atoms with Gasteiger partial charge in [-0.3, -0.25) is 9.69 Å². The zero-order valence-electron chi connectivity index (χ0n) is 20.2. The van der Waals surface area contributed by atoms with Crippen LogP contribution in [0.3, 0.4) is 0 Å². The van der Waals surface area contributed by atoms with Crippen LogP contribution in [0.2, 0.25) is 0 Å². The van der Waals surface area contributed by atoms with Crippen LogP contribution in [-0.2, 0) is 19.1 Å². The summed E-state index contributed by atoms with van der Waals surface area (Å²) in [6.45, 7) is 9.54. The Labute approximate surface area is 191 Å². The summed E-state index contributed by atoms with van der Waals surface area (Å²) < 4.78 is 12.0. The second kappa shape index (κ2) is 8.39. The number of nitrogens with zero attached hydrogens (tertiary/aromatic N) is 4. The summed E-state index contributed by atoms with van der Waals surface area (Å²) in [5, 5.41) is 4.31. The summed E-state index contributed by atoms with van der Waals surface area (Å²) in [7, 11) is 3.52. The minimum atomic E-state index is -0.761. The molecule has 3 fully saturated rings. The highest BCUT2D eigenvalue weighted by atomic mass is 16.7. The van der Waals surface area contributed by atoms with Crippen molar-refractivity contribution < 1.29 is 23.9 Å². The highest BCUT2D eigenvalue weighted by molar-refractivity contribution is 5.97. The number of amides is 2. The van der Waals surface area contributed by atoms with E-state index in [1.54, 1.807) is 23.9 Å². The number of ether oxygens (including phenoxy) is 2. The summed E-state index contributed by atoms with van der Waals surface area (Å²) >= 11 is 0. The number of rotatable bonds is 4. The van der Waals surface area contributed by atoms with Crippen LogP contribution < -0.4 is 0 Å². The van der Waals surface area contributed by atoms with Gasteiger partial charge in [-0.25, -0.2) is 4.79 Å². The lowest BCUT2D eigenvalue weighted by atomic mass is 9.50. The van der Waals surface area contributed by atoms with Crippen molar-refractivity contribution in [3.05, 3.63) is 0 Å². The third kappa shape index (κ3) is 4.04. The van der Waals surface area contributed by atoms with Crippen molar-refractivity contribution in [3.8, 4) is 0 Å². The summed E-state index contributed by atoms with van der Waals surface area (Å²) in [5.74, 6) is 0.470. The molecule has 9 nitrogen and oxygen atoms in total. The zero-order valence-corrected chi connectivity index (χ0v) is 20.2. The van der Waals surface area contributed by atoms with E-state index in [-0.39, 0.29) is 12.0 Å². The monoisotopic (exact) mass is 450 g/mol. The standard InChI is InChI=1S/C23H38N4O5/c1-21(2,3)32-20(29)27-15-22(9-10-23(22,16-27)19(28)25(4)5)18-24-30-14-17(31-18)13-26-11-7-6-8-12-26/h17H,6-16H2,1-5H3/t17-,22+,23-/m1/s1. The number of hydrogen-bond acceptors (Lipinski definition) is 7. The van der Waals surface area contributed by atoms with E-state index in [1.165, 1.54) is 19.3 Å². The van der Waals surface area contributed by atoms with Gasteiger partial charge in [0.05, 0.1) is 10.8 Å². The molecule has 2 amide bonds. The van der Waals surface area contributed by atoms with Crippen LogP contribution in [0, 0.1) is 10.8 Å². The van der Waals surface area contributed by atoms with Gasteiger partial charge in [0, 0.05) is 33.7 Å². The molecule has 0 radical (unpaired) electrons. The first kappa shape index (κ1) is 23.1. The largest absolute Gasteiger partial charge is 0.470 e. The number of fused-ring (bicyclic) bond motifs is 1. The second-order valence-electron chi connectivity index (χ2n) is 11.0. The van der Waals surface area contributed by atoms with Gasteiger partial charge in [-0.05, 0) is 59.5 Å². The van der Waals surface area contributed by atoms with Gasteiger partial charge in [0.2, 0.25) is 11.8 Å². The van der Waals surface area contributed by atoms with Crippen LogP contribution in [0.15, 0.2) is 5.16 Å². The first-order valence-corrected chi connectivity index (χ1v) is 11.9.